The first-order valence-electron chi connectivity index (χ1n) is 10.5. The highest BCUT2D eigenvalue weighted by Gasteiger charge is 2.29. The molecule has 0 unspecified atom stereocenters. The number of rotatable bonds is 6. The highest BCUT2D eigenvalue weighted by Crippen LogP contribution is 2.34. The van der Waals surface area contributed by atoms with E-state index in [1.807, 2.05) is 32.9 Å². The molecule has 3 rings (SSSR count). The fourth-order valence-corrected chi connectivity index (χ4v) is 7.08. The van der Waals surface area contributed by atoms with Gasteiger partial charge >= 0.3 is 0 Å². The summed E-state index contributed by atoms with van der Waals surface area (Å²) in [4.78, 5) is 0.208. The van der Waals surface area contributed by atoms with Crippen LogP contribution < -0.4 is 8.61 Å². The molecule has 0 radical (unpaired) electrons. The van der Waals surface area contributed by atoms with E-state index < -0.39 is 20.0 Å². The lowest BCUT2D eigenvalue weighted by Crippen LogP contribution is -2.30. The summed E-state index contributed by atoms with van der Waals surface area (Å²) in [5.74, 6) is 0. The van der Waals surface area contributed by atoms with E-state index in [4.69, 9.17) is 0 Å². The van der Waals surface area contributed by atoms with Crippen LogP contribution in [-0.2, 0) is 20.0 Å². The molecule has 0 aliphatic heterocycles. The minimum absolute atomic E-state index is 0.0695. The van der Waals surface area contributed by atoms with Crippen molar-refractivity contribution in [3.63, 3.8) is 0 Å². The number of nitrogens with zero attached hydrogens (tertiary/aromatic N) is 2. The third kappa shape index (κ3) is 4.50. The normalized spacial score (nSPS) is 12.0. The minimum Gasteiger partial charge on any atom is -0.269 e. The number of sulfonamides is 2. The molecule has 0 amide bonds. The molecular weight excluding hydrogens is 456 g/mol. The molecule has 8 heteroatoms. The predicted octanol–water partition coefficient (Wildman–Crippen LogP) is 4.88. The number of hydrogen-bond acceptors (Lipinski definition) is 4. The van der Waals surface area contributed by atoms with Gasteiger partial charge in [-0.1, -0.05) is 42.0 Å². The summed E-state index contributed by atoms with van der Waals surface area (Å²) in [6.45, 7) is 9.23. The highest BCUT2D eigenvalue weighted by molar-refractivity contribution is 7.93. The zero-order chi connectivity index (χ0) is 24.7. The Morgan fingerprint density at radius 2 is 1.15 bits per heavy atom. The fourth-order valence-electron chi connectivity index (χ4n) is 4.26. The van der Waals surface area contributed by atoms with Crippen molar-refractivity contribution in [3.05, 3.63) is 82.4 Å². The molecule has 0 saturated carbocycles. The lowest BCUT2D eigenvalue weighted by atomic mass is 10.1. The summed E-state index contributed by atoms with van der Waals surface area (Å²) in [6.07, 6.45) is 0. The molecule has 3 aromatic rings. The SMILES string of the molecule is Cc1cc(C)c(N(C)S(=O)(=O)c2cc(N(C)S(=O)(=O)c3ccccc3)c(C)cc2C)c(C)c1. The van der Waals surface area contributed by atoms with E-state index in [2.05, 4.69) is 0 Å². The van der Waals surface area contributed by atoms with E-state index in [0.29, 0.717) is 22.5 Å². The monoisotopic (exact) mass is 486 g/mol. The van der Waals surface area contributed by atoms with Gasteiger partial charge in [0.2, 0.25) is 0 Å². The van der Waals surface area contributed by atoms with Crippen LogP contribution >= 0.6 is 0 Å². The maximum Gasteiger partial charge on any atom is 0.264 e. The second kappa shape index (κ2) is 8.83. The molecule has 0 aromatic heterocycles. The Balaban J connectivity index is 2.15. The summed E-state index contributed by atoms with van der Waals surface area (Å²) in [7, 11) is -4.84. The lowest BCUT2D eigenvalue weighted by molar-refractivity contribution is 0.591. The van der Waals surface area contributed by atoms with E-state index in [1.165, 1.54) is 36.6 Å². The van der Waals surface area contributed by atoms with Gasteiger partial charge in [0.15, 0.2) is 0 Å². The molecule has 6 nitrogen and oxygen atoms in total. The number of aryl methyl sites for hydroxylation is 5. The van der Waals surface area contributed by atoms with Crippen molar-refractivity contribution in [1.29, 1.82) is 0 Å². The first kappa shape index (κ1) is 24.8. The van der Waals surface area contributed by atoms with Crippen molar-refractivity contribution in [2.75, 3.05) is 22.7 Å². The molecule has 0 fully saturated rings. The van der Waals surface area contributed by atoms with Gasteiger partial charge in [-0.15, -0.1) is 0 Å². The number of benzene rings is 3. The maximum absolute atomic E-state index is 13.7. The molecule has 0 heterocycles. The van der Waals surface area contributed by atoms with E-state index in [9.17, 15) is 16.8 Å². The zero-order valence-electron chi connectivity index (χ0n) is 20.0. The second-order valence-electron chi connectivity index (χ2n) is 8.41. The molecule has 33 heavy (non-hydrogen) atoms. The van der Waals surface area contributed by atoms with Gasteiger partial charge in [-0.3, -0.25) is 8.61 Å². The van der Waals surface area contributed by atoms with Crippen LogP contribution in [0.2, 0.25) is 0 Å². The molecule has 3 aromatic carbocycles. The number of anilines is 2. The van der Waals surface area contributed by atoms with Crippen molar-refractivity contribution in [2.45, 2.75) is 44.4 Å². The Hall–Kier alpha value is -2.84. The van der Waals surface area contributed by atoms with Crippen LogP contribution in [0.15, 0.2) is 64.4 Å². The van der Waals surface area contributed by atoms with Crippen molar-refractivity contribution >= 4 is 31.4 Å². The molecule has 0 aliphatic carbocycles. The Morgan fingerprint density at radius 1 is 0.606 bits per heavy atom. The van der Waals surface area contributed by atoms with Gasteiger partial charge in [0, 0.05) is 14.1 Å². The van der Waals surface area contributed by atoms with Gasteiger partial charge in [0.05, 0.1) is 21.2 Å². The topological polar surface area (TPSA) is 74.8 Å². The van der Waals surface area contributed by atoms with Crippen molar-refractivity contribution in [3.8, 4) is 0 Å². The van der Waals surface area contributed by atoms with Crippen LogP contribution in [0.1, 0.15) is 27.8 Å². The van der Waals surface area contributed by atoms with Crippen LogP contribution in [0.25, 0.3) is 0 Å². The Kier molecular flexibility index (Phi) is 6.64. The molecule has 0 saturated heterocycles. The van der Waals surface area contributed by atoms with Gasteiger partial charge in [-0.05, 0) is 75.1 Å². The summed E-state index contributed by atoms with van der Waals surface area (Å²) in [5, 5.41) is 0. The van der Waals surface area contributed by atoms with Gasteiger partial charge in [0.25, 0.3) is 20.0 Å². The van der Waals surface area contributed by atoms with Gasteiger partial charge in [0.1, 0.15) is 0 Å². The van der Waals surface area contributed by atoms with Crippen molar-refractivity contribution in [1.82, 2.24) is 0 Å². The van der Waals surface area contributed by atoms with E-state index in [1.54, 1.807) is 38.1 Å². The van der Waals surface area contributed by atoms with E-state index >= 15 is 0 Å². The van der Waals surface area contributed by atoms with Gasteiger partial charge in [-0.2, -0.15) is 0 Å². The Morgan fingerprint density at radius 3 is 1.70 bits per heavy atom. The lowest BCUT2D eigenvalue weighted by Gasteiger charge is -2.27. The first-order valence-corrected chi connectivity index (χ1v) is 13.4. The largest absolute Gasteiger partial charge is 0.269 e. The van der Waals surface area contributed by atoms with Crippen LogP contribution in [0.3, 0.4) is 0 Å². The summed E-state index contributed by atoms with van der Waals surface area (Å²) in [6, 6.07) is 15.1. The quantitative estimate of drug-likeness (QED) is 0.498. The fraction of sp³-hybridized carbons (Fsp3) is 0.280. The summed E-state index contributed by atoms with van der Waals surface area (Å²) >= 11 is 0. The molecule has 0 aliphatic rings. The van der Waals surface area contributed by atoms with E-state index in [0.717, 1.165) is 21.0 Å². The molecule has 176 valence electrons. The molecule has 0 bridgehead atoms. The third-order valence-electron chi connectivity index (χ3n) is 5.82. The van der Waals surface area contributed by atoms with Crippen molar-refractivity contribution in [2.24, 2.45) is 0 Å². The van der Waals surface area contributed by atoms with Gasteiger partial charge < -0.3 is 0 Å². The van der Waals surface area contributed by atoms with Crippen LogP contribution in [0.4, 0.5) is 11.4 Å². The summed E-state index contributed by atoms with van der Waals surface area (Å²) in [5.41, 5.74) is 4.91. The van der Waals surface area contributed by atoms with Crippen LogP contribution in [0.5, 0.6) is 0 Å². The van der Waals surface area contributed by atoms with Gasteiger partial charge in [-0.25, -0.2) is 16.8 Å². The Bertz CT molecular complexity index is 1390. The number of hydrogen-bond donors (Lipinski definition) is 0. The average Bonchev–Trinajstić information content (AvgIpc) is 2.73. The minimum atomic E-state index is -3.95. The highest BCUT2D eigenvalue weighted by atomic mass is 32.2. The first-order chi connectivity index (χ1) is 15.3. The molecule has 0 N–H and O–H groups in total. The smallest absolute Gasteiger partial charge is 0.264 e. The maximum atomic E-state index is 13.7. The Labute approximate surface area is 197 Å². The standard InChI is InChI=1S/C25H30N2O4S2/c1-17-13-20(4)25(21(5)14-17)27(7)33(30,31)24-16-23(18(2)15-19(24)3)26(6)32(28,29)22-11-9-8-10-12-22/h8-16H,1-7H3. The molecule has 0 atom stereocenters. The third-order valence-corrected chi connectivity index (χ3v) is 9.51. The molecular formula is C25H30N2O4S2. The van der Waals surface area contributed by atoms with Crippen LogP contribution in [0, 0.1) is 34.6 Å². The average molecular weight is 487 g/mol. The zero-order valence-corrected chi connectivity index (χ0v) is 21.7. The van der Waals surface area contributed by atoms with Crippen LogP contribution in [-0.4, -0.2) is 30.9 Å². The predicted molar refractivity (Wildman–Crippen MR) is 134 cm³/mol. The van der Waals surface area contributed by atoms with Crippen molar-refractivity contribution < 1.29 is 16.8 Å². The molecule has 0 spiro atoms. The summed E-state index contributed by atoms with van der Waals surface area (Å²) < 4.78 is 56.2. The van der Waals surface area contributed by atoms with E-state index in [-0.39, 0.29) is 9.79 Å². The second-order valence-corrected chi connectivity index (χ2v) is 12.3.